The van der Waals surface area contributed by atoms with Gasteiger partial charge in [0.1, 0.15) is 6.10 Å². The van der Waals surface area contributed by atoms with Gasteiger partial charge in [-0.25, -0.2) is 0 Å². The van der Waals surface area contributed by atoms with Crippen LogP contribution in [0, 0.1) is 23.2 Å². The first-order chi connectivity index (χ1) is 14.4. The molecule has 0 aliphatic heterocycles. The number of fused-ring (bicyclic) bond motifs is 2. The van der Waals surface area contributed by atoms with E-state index in [0.717, 1.165) is 37.0 Å². The average Bonchev–Trinajstić information content (AvgIpc) is 3.28. The van der Waals surface area contributed by atoms with E-state index < -0.39 is 0 Å². The topological polar surface area (TPSA) is 46.5 Å². The number of esters is 1. The molecular formula is C26H36O3S. The summed E-state index contributed by atoms with van der Waals surface area (Å²) in [5, 5.41) is 11.7. The van der Waals surface area contributed by atoms with Gasteiger partial charge in [-0.05, 0) is 79.2 Å². The fourth-order valence-corrected chi connectivity index (χ4v) is 7.70. The molecule has 30 heavy (non-hydrogen) atoms. The molecule has 2 aliphatic rings. The summed E-state index contributed by atoms with van der Waals surface area (Å²) in [5.41, 5.74) is 0.303. The Labute approximate surface area is 184 Å². The third-order valence-electron chi connectivity index (χ3n) is 8.05. The van der Waals surface area contributed by atoms with Crippen LogP contribution in [0.2, 0.25) is 0 Å². The second-order valence-electron chi connectivity index (χ2n) is 9.95. The molecule has 2 aromatic rings. The van der Waals surface area contributed by atoms with Gasteiger partial charge in [0.25, 0.3) is 0 Å². The van der Waals surface area contributed by atoms with Gasteiger partial charge in [-0.3, -0.25) is 4.79 Å². The summed E-state index contributed by atoms with van der Waals surface area (Å²) in [7, 11) is 0. The van der Waals surface area contributed by atoms with Crippen molar-refractivity contribution in [3.8, 4) is 0 Å². The Bertz CT molecular complexity index is 841. The van der Waals surface area contributed by atoms with Crippen LogP contribution in [0.1, 0.15) is 83.1 Å². The molecule has 0 spiro atoms. The molecule has 0 radical (unpaired) electrons. The predicted molar refractivity (Wildman–Crippen MR) is 124 cm³/mol. The van der Waals surface area contributed by atoms with Crippen molar-refractivity contribution in [2.75, 3.05) is 0 Å². The Kier molecular flexibility index (Phi) is 6.55. The van der Waals surface area contributed by atoms with Crippen LogP contribution >= 0.6 is 11.3 Å². The summed E-state index contributed by atoms with van der Waals surface area (Å²) in [4.78, 5) is 12.9. The van der Waals surface area contributed by atoms with Crippen LogP contribution in [0.25, 0.3) is 10.1 Å². The second-order valence-corrected chi connectivity index (χ2v) is 11.1. The molecule has 164 valence electrons. The standard InChI is InChI=1S/C26H36O3S/c1-17(20-13-14-21-22(28)10-7-15-26(20,21)3)8-6-11-23(29-18(2)27)25-16-19-9-4-5-12-24(19)30-25/h4-5,9,12,16-17,20-23,28H,6-8,10-11,13-15H2,1-3H3. The third-order valence-corrected chi connectivity index (χ3v) is 9.25. The monoisotopic (exact) mass is 428 g/mol. The van der Waals surface area contributed by atoms with Crippen molar-refractivity contribution in [1.82, 2.24) is 0 Å². The third kappa shape index (κ3) is 4.31. The van der Waals surface area contributed by atoms with Gasteiger partial charge in [0.05, 0.1) is 6.10 Å². The molecule has 6 atom stereocenters. The molecule has 1 aromatic carbocycles. The number of aliphatic hydroxyl groups excluding tert-OH is 1. The minimum absolute atomic E-state index is 0.0951. The van der Waals surface area contributed by atoms with Gasteiger partial charge >= 0.3 is 5.97 Å². The molecule has 0 amide bonds. The summed E-state index contributed by atoms with van der Waals surface area (Å²) >= 11 is 1.74. The number of ether oxygens (including phenoxy) is 1. The average molecular weight is 429 g/mol. The highest BCUT2D eigenvalue weighted by Gasteiger charge is 2.51. The molecule has 3 nitrogen and oxygen atoms in total. The molecule has 0 bridgehead atoms. The molecule has 2 saturated carbocycles. The maximum atomic E-state index is 11.7. The Morgan fingerprint density at radius 3 is 2.83 bits per heavy atom. The van der Waals surface area contributed by atoms with Crippen LogP contribution in [0.5, 0.6) is 0 Å². The number of benzene rings is 1. The molecule has 1 heterocycles. The molecule has 4 heteroatoms. The molecule has 4 rings (SSSR count). The largest absolute Gasteiger partial charge is 0.457 e. The Hall–Kier alpha value is -1.39. The van der Waals surface area contributed by atoms with Crippen LogP contribution < -0.4 is 0 Å². The van der Waals surface area contributed by atoms with E-state index in [1.165, 1.54) is 36.3 Å². The second kappa shape index (κ2) is 9.00. The van der Waals surface area contributed by atoms with Crippen molar-refractivity contribution in [2.24, 2.45) is 23.2 Å². The maximum absolute atomic E-state index is 11.7. The van der Waals surface area contributed by atoms with Crippen molar-refractivity contribution < 1.29 is 14.6 Å². The molecule has 0 saturated heterocycles. The van der Waals surface area contributed by atoms with Gasteiger partial charge in [0, 0.05) is 16.5 Å². The Morgan fingerprint density at radius 2 is 2.07 bits per heavy atom. The molecular weight excluding hydrogens is 392 g/mol. The molecule has 1 aromatic heterocycles. The van der Waals surface area contributed by atoms with E-state index in [2.05, 4.69) is 44.2 Å². The van der Waals surface area contributed by atoms with E-state index in [0.29, 0.717) is 23.2 Å². The van der Waals surface area contributed by atoms with E-state index in [4.69, 9.17) is 4.74 Å². The van der Waals surface area contributed by atoms with E-state index in [9.17, 15) is 9.90 Å². The van der Waals surface area contributed by atoms with Gasteiger partial charge in [0.15, 0.2) is 0 Å². The number of rotatable bonds is 7. The van der Waals surface area contributed by atoms with Crippen LogP contribution in [0.3, 0.4) is 0 Å². The number of hydrogen-bond acceptors (Lipinski definition) is 4. The fraction of sp³-hybridized carbons (Fsp3) is 0.654. The highest BCUT2D eigenvalue weighted by molar-refractivity contribution is 7.19. The van der Waals surface area contributed by atoms with Crippen LogP contribution in [0.4, 0.5) is 0 Å². The number of thiophene rings is 1. The Morgan fingerprint density at radius 1 is 1.27 bits per heavy atom. The van der Waals surface area contributed by atoms with Gasteiger partial charge in [0.2, 0.25) is 0 Å². The summed E-state index contributed by atoms with van der Waals surface area (Å²) in [6.45, 7) is 6.35. The van der Waals surface area contributed by atoms with Crippen LogP contribution in [-0.2, 0) is 9.53 Å². The van der Waals surface area contributed by atoms with E-state index in [1.807, 2.05) is 0 Å². The number of carbonyl (C=O) groups is 1. The number of aliphatic hydroxyl groups is 1. The fourth-order valence-electron chi connectivity index (χ4n) is 6.57. The number of carbonyl (C=O) groups excluding carboxylic acids is 1. The summed E-state index contributed by atoms with van der Waals surface area (Å²) < 4.78 is 6.98. The van der Waals surface area contributed by atoms with Crippen LogP contribution in [-0.4, -0.2) is 17.2 Å². The van der Waals surface area contributed by atoms with Gasteiger partial charge in [-0.15, -0.1) is 11.3 Å². The van der Waals surface area contributed by atoms with Gasteiger partial charge in [-0.1, -0.05) is 44.9 Å². The molecule has 6 unspecified atom stereocenters. The highest BCUT2D eigenvalue weighted by Crippen LogP contribution is 2.58. The van der Waals surface area contributed by atoms with Crippen molar-refractivity contribution in [1.29, 1.82) is 0 Å². The molecule has 2 aliphatic carbocycles. The summed E-state index contributed by atoms with van der Waals surface area (Å²) in [6, 6.07) is 10.6. The van der Waals surface area contributed by atoms with Crippen LogP contribution in [0.15, 0.2) is 30.3 Å². The molecule has 2 fully saturated rings. The quantitative estimate of drug-likeness (QED) is 0.488. The van der Waals surface area contributed by atoms with E-state index >= 15 is 0 Å². The lowest BCUT2D eigenvalue weighted by Crippen LogP contribution is -2.41. The van der Waals surface area contributed by atoms with Crippen molar-refractivity contribution in [3.05, 3.63) is 35.2 Å². The summed E-state index contributed by atoms with van der Waals surface area (Å²) in [6.07, 6.45) is 8.72. The van der Waals surface area contributed by atoms with Crippen molar-refractivity contribution >= 4 is 27.4 Å². The van der Waals surface area contributed by atoms with E-state index in [1.54, 1.807) is 11.3 Å². The first-order valence-corrected chi connectivity index (χ1v) is 12.5. The lowest BCUT2D eigenvalue weighted by atomic mass is 9.61. The zero-order valence-electron chi connectivity index (χ0n) is 18.6. The smallest absolute Gasteiger partial charge is 0.303 e. The highest BCUT2D eigenvalue weighted by atomic mass is 32.1. The first-order valence-electron chi connectivity index (χ1n) is 11.7. The Balaban J connectivity index is 1.39. The van der Waals surface area contributed by atoms with Crippen molar-refractivity contribution in [3.63, 3.8) is 0 Å². The van der Waals surface area contributed by atoms with Crippen molar-refractivity contribution in [2.45, 2.75) is 84.3 Å². The van der Waals surface area contributed by atoms with E-state index in [-0.39, 0.29) is 18.2 Å². The molecule has 1 N–H and O–H groups in total. The minimum Gasteiger partial charge on any atom is -0.457 e. The summed E-state index contributed by atoms with van der Waals surface area (Å²) in [5.74, 6) is 1.64. The zero-order valence-corrected chi connectivity index (χ0v) is 19.4. The number of hydrogen-bond donors (Lipinski definition) is 1. The normalized spacial score (nSPS) is 30.7. The maximum Gasteiger partial charge on any atom is 0.303 e. The zero-order chi connectivity index (χ0) is 21.3. The lowest BCUT2D eigenvalue weighted by Gasteiger charge is -2.45. The lowest BCUT2D eigenvalue weighted by molar-refractivity contribution is -0.147. The van der Waals surface area contributed by atoms with Gasteiger partial charge in [-0.2, -0.15) is 0 Å². The van der Waals surface area contributed by atoms with Gasteiger partial charge < -0.3 is 9.84 Å². The SMILES string of the molecule is CC(=O)OC(CCCC(C)C1CCC2C(O)CCCC12C)c1cc2ccccc2s1. The predicted octanol–water partition coefficient (Wildman–Crippen LogP) is 6.89. The first kappa shape index (κ1) is 21.8. The minimum atomic E-state index is -0.201.